The van der Waals surface area contributed by atoms with Gasteiger partial charge in [-0.1, -0.05) is 48.2 Å². The lowest BCUT2D eigenvalue weighted by Crippen LogP contribution is -2.46. The third-order valence-electron chi connectivity index (χ3n) is 3.81. The largest absolute Gasteiger partial charge is 0.356 e. The Morgan fingerprint density at radius 2 is 1.90 bits per heavy atom. The van der Waals surface area contributed by atoms with E-state index in [9.17, 15) is 0 Å². The summed E-state index contributed by atoms with van der Waals surface area (Å²) in [6, 6.07) is 15.3. The maximum Gasteiger partial charge on any atom is 0.156 e. The van der Waals surface area contributed by atoms with Crippen LogP contribution in [0.2, 0.25) is 0 Å². The Balaban J connectivity index is 0.00000147. The van der Waals surface area contributed by atoms with Crippen molar-refractivity contribution in [3.63, 3.8) is 0 Å². The first-order valence-corrected chi connectivity index (χ1v) is 7.57. The maximum absolute atomic E-state index is 4.30. The van der Waals surface area contributed by atoms with Crippen LogP contribution in [0.4, 0.5) is 0 Å². The molecular formula is C16H19ClN2S. The van der Waals surface area contributed by atoms with Crippen molar-refractivity contribution in [2.24, 2.45) is 4.99 Å². The normalized spacial score (nSPS) is 24.2. The minimum atomic E-state index is -0.00980. The molecule has 0 aromatic heterocycles. The Hall–Kier alpha value is -1.19. The molecule has 2 aromatic rings. The van der Waals surface area contributed by atoms with Crippen LogP contribution >= 0.6 is 24.2 Å². The lowest BCUT2D eigenvalue weighted by atomic mass is 9.88. The van der Waals surface area contributed by atoms with Gasteiger partial charge in [0.2, 0.25) is 0 Å². The van der Waals surface area contributed by atoms with Gasteiger partial charge in [-0.05, 0) is 35.7 Å². The summed E-state index contributed by atoms with van der Waals surface area (Å²) in [7, 11) is 1.85. The van der Waals surface area contributed by atoms with Gasteiger partial charge in [-0.3, -0.25) is 4.99 Å². The second-order valence-corrected chi connectivity index (χ2v) is 6.23. The molecule has 0 radical (unpaired) electrons. The molecule has 1 N–H and O–H groups in total. The number of thioether (sulfide) groups is 1. The predicted octanol–water partition coefficient (Wildman–Crippen LogP) is 4.19. The highest BCUT2D eigenvalue weighted by Crippen LogP contribution is 2.33. The molecule has 1 unspecified atom stereocenters. The molecule has 0 aliphatic carbocycles. The molecule has 2 nitrogen and oxygen atoms in total. The highest BCUT2D eigenvalue weighted by Gasteiger charge is 2.31. The Kier molecular flexibility index (Phi) is 4.61. The van der Waals surface area contributed by atoms with Gasteiger partial charge in [-0.2, -0.15) is 0 Å². The van der Waals surface area contributed by atoms with Gasteiger partial charge in [-0.25, -0.2) is 0 Å². The van der Waals surface area contributed by atoms with E-state index in [4.69, 9.17) is 0 Å². The number of aliphatic imine (C=N–C) groups is 1. The number of halogens is 1. The van der Waals surface area contributed by atoms with E-state index < -0.39 is 0 Å². The van der Waals surface area contributed by atoms with Crippen LogP contribution in [0, 0.1) is 0 Å². The highest BCUT2D eigenvalue weighted by atomic mass is 35.5. The van der Waals surface area contributed by atoms with Crippen LogP contribution in [-0.2, 0) is 5.54 Å². The third-order valence-corrected chi connectivity index (χ3v) is 4.78. The van der Waals surface area contributed by atoms with Crippen molar-refractivity contribution in [2.45, 2.75) is 18.9 Å². The molecule has 20 heavy (non-hydrogen) atoms. The fourth-order valence-electron chi connectivity index (χ4n) is 2.56. The fraction of sp³-hybridized carbons (Fsp3) is 0.312. The van der Waals surface area contributed by atoms with E-state index in [1.807, 2.05) is 7.05 Å². The van der Waals surface area contributed by atoms with Crippen LogP contribution in [0.3, 0.4) is 0 Å². The molecule has 0 bridgehead atoms. The molecule has 1 aliphatic rings. The lowest BCUT2D eigenvalue weighted by Gasteiger charge is -2.36. The number of rotatable bonds is 1. The van der Waals surface area contributed by atoms with Crippen molar-refractivity contribution in [1.29, 1.82) is 0 Å². The standard InChI is InChI=1S/C16H18N2S.ClH/c1-16(9-10-19-15(17-2)18-16)14-8-7-12-5-3-4-6-13(12)11-14;/h3-8,11H,9-10H2,1-2H3,(H,17,18);1H. The molecular weight excluding hydrogens is 288 g/mol. The van der Waals surface area contributed by atoms with Crippen molar-refractivity contribution < 1.29 is 0 Å². The van der Waals surface area contributed by atoms with Crippen LogP contribution in [-0.4, -0.2) is 18.0 Å². The van der Waals surface area contributed by atoms with Crippen LogP contribution in [0.15, 0.2) is 47.5 Å². The second-order valence-electron chi connectivity index (χ2n) is 5.15. The predicted molar refractivity (Wildman–Crippen MR) is 92.1 cm³/mol. The molecule has 1 saturated heterocycles. The van der Waals surface area contributed by atoms with Crippen LogP contribution in [0.1, 0.15) is 18.9 Å². The lowest BCUT2D eigenvalue weighted by molar-refractivity contribution is 0.422. The zero-order valence-corrected chi connectivity index (χ0v) is 13.4. The van der Waals surface area contributed by atoms with E-state index in [1.54, 1.807) is 11.8 Å². The van der Waals surface area contributed by atoms with E-state index in [-0.39, 0.29) is 17.9 Å². The summed E-state index contributed by atoms with van der Waals surface area (Å²) in [6.07, 6.45) is 1.12. The molecule has 1 atom stereocenters. The molecule has 1 fully saturated rings. The van der Waals surface area contributed by atoms with Crippen LogP contribution in [0.5, 0.6) is 0 Å². The number of benzene rings is 2. The van der Waals surface area contributed by atoms with E-state index in [0.29, 0.717) is 0 Å². The van der Waals surface area contributed by atoms with Gasteiger partial charge in [0, 0.05) is 12.8 Å². The van der Waals surface area contributed by atoms with Gasteiger partial charge in [-0.15, -0.1) is 12.4 Å². The minimum Gasteiger partial charge on any atom is -0.356 e. The summed E-state index contributed by atoms with van der Waals surface area (Å²) in [4.78, 5) is 4.30. The van der Waals surface area contributed by atoms with Gasteiger partial charge in [0.15, 0.2) is 5.17 Å². The first-order valence-electron chi connectivity index (χ1n) is 6.58. The maximum atomic E-state index is 4.30. The number of fused-ring (bicyclic) bond motifs is 1. The quantitative estimate of drug-likeness (QED) is 0.854. The number of amidine groups is 1. The average molecular weight is 307 g/mol. The topological polar surface area (TPSA) is 24.4 Å². The Bertz CT molecular complexity index is 641. The van der Waals surface area contributed by atoms with Crippen molar-refractivity contribution in [3.8, 4) is 0 Å². The number of hydrogen-bond donors (Lipinski definition) is 1. The van der Waals surface area contributed by atoms with Crippen molar-refractivity contribution in [1.82, 2.24) is 5.32 Å². The van der Waals surface area contributed by atoms with Gasteiger partial charge < -0.3 is 5.32 Å². The van der Waals surface area contributed by atoms with Crippen molar-refractivity contribution in [2.75, 3.05) is 12.8 Å². The number of hydrogen-bond acceptors (Lipinski definition) is 2. The van der Waals surface area contributed by atoms with Crippen LogP contribution in [0.25, 0.3) is 10.8 Å². The summed E-state index contributed by atoms with van der Waals surface area (Å²) in [5.41, 5.74) is 1.33. The first-order chi connectivity index (χ1) is 9.21. The monoisotopic (exact) mass is 306 g/mol. The molecule has 0 spiro atoms. The Morgan fingerprint density at radius 3 is 2.65 bits per heavy atom. The number of nitrogens with zero attached hydrogens (tertiary/aromatic N) is 1. The molecule has 3 rings (SSSR count). The molecule has 0 saturated carbocycles. The number of nitrogens with one attached hydrogen (secondary N) is 1. The molecule has 1 aliphatic heterocycles. The minimum absolute atomic E-state index is 0. The molecule has 2 aromatic carbocycles. The molecule has 106 valence electrons. The summed E-state index contributed by atoms with van der Waals surface area (Å²) in [6.45, 7) is 2.27. The fourth-order valence-corrected chi connectivity index (χ4v) is 3.69. The van der Waals surface area contributed by atoms with Crippen molar-refractivity contribution >= 4 is 40.1 Å². The van der Waals surface area contributed by atoms with Gasteiger partial charge >= 0.3 is 0 Å². The van der Waals surface area contributed by atoms with E-state index >= 15 is 0 Å². The summed E-state index contributed by atoms with van der Waals surface area (Å²) in [5.74, 6) is 1.11. The zero-order valence-electron chi connectivity index (χ0n) is 11.7. The Morgan fingerprint density at radius 1 is 1.15 bits per heavy atom. The summed E-state index contributed by atoms with van der Waals surface area (Å²) in [5, 5.41) is 7.21. The van der Waals surface area contributed by atoms with E-state index in [1.165, 1.54) is 16.3 Å². The SMILES string of the molecule is CN=C1NC(C)(c2ccc3ccccc3c2)CCS1.Cl. The summed E-state index contributed by atoms with van der Waals surface area (Å²) < 4.78 is 0. The molecule has 1 heterocycles. The smallest absolute Gasteiger partial charge is 0.156 e. The summed E-state index contributed by atoms with van der Waals surface area (Å²) >= 11 is 1.80. The van der Waals surface area contributed by atoms with E-state index in [0.717, 1.165) is 17.3 Å². The molecule has 0 amide bonds. The van der Waals surface area contributed by atoms with Gasteiger partial charge in [0.1, 0.15) is 0 Å². The van der Waals surface area contributed by atoms with Crippen molar-refractivity contribution in [3.05, 3.63) is 48.0 Å². The zero-order chi connectivity index (χ0) is 13.3. The highest BCUT2D eigenvalue weighted by molar-refractivity contribution is 8.13. The third kappa shape index (κ3) is 2.79. The molecule has 4 heteroatoms. The average Bonchev–Trinajstić information content (AvgIpc) is 2.46. The van der Waals surface area contributed by atoms with E-state index in [2.05, 4.69) is 59.7 Å². The van der Waals surface area contributed by atoms with Crippen LogP contribution < -0.4 is 5.32 Å². The first kappa shape index (κ1) is 15.2. The Labute approximate surface area is 130 Å². The van der Waals surface area contributed by atoms with Gasteiger partial charge in [0.05, 0.1) is 5.54 Å². The second kappa shape index (κ2) is 6.06. The van der Waals surface area contributed by atoms with Gasteiger partial charge in [0.25, 0.3) is 0 Å².